The number of anilines is 1. The minimum Gasteiger partial charge on any atom is -0.477 e. The molecule has 4 nitrogen and oxygen atoms in total. The number of carboxylic acid groups (broad SMARTS) is 1. The van der Waals surface area contributed by atoms with E-state index in [1.54, 1.807) is 36.4 Å². The summed E-state index contributed by atoms with van der Waals surface area (Å²) in [4.78, 5) is 23.5. The molecular formula is C16H11BrINO3. The fourth-order valence-electron chi connectivity index (χ4n) is 1.69. The van der Waals surface area contributed by atoms with Crippen LogP contribution in [0, 0.1) is 3.57 Å². The standard InChI is InChI=1S/C16H11BrINO3/c17-11-7-5-10(6-8-11)15(20)9-14(16(21)22)19-13-4-2-1-3-12(13)18/h1-9,19H,(H,21,22). The van der Waals surface area contributed by atoms with E-state index in [1.807, 2.05) is 12.1 Å². The number of carbonyl (C=O) groups excluding carboxylic acids is 1. The zero-order valence-corrected chi connectivity index (χ0v) is 15.0. The topological polar surface area (TPSA) is 66.4 Å². The lowest BCUT2D eigenvalue weighted by Gasteiger charge is -2.09. The third kappa shape index (κ3) is 4.41. The molecule has 2 aromatic rings. The number of hydrogen-bond donors (Lipinski definition) is 2. The van der Waals surface area contributed by atoms with Gasteiger partial charge in [-0.15, -0.1) is 0 Å². The quantitative estimate of drug-likeness (QED) is 0.387. The number of benzene rings is 2. The Hall–Kier alpha value is -1.67. The Bertz CT molecular complexity index is 741. The van der Waals surface area contributed by atoms with E-state index >= 15 is 0 Å². The van der Waals surface area contributed by atoms with Crippen molar-refractivity contribution in [3.05, 3.63) is 73.9 Å². The van der Waals surface area contributed by atoms with Gasteiger partial charge in [-0.2, -0.15) is 0 Å². The van der Waals surface area contributed by atoms with Gasteiger partial charge in [-0.25, -0.2) is 4.79 Å². The molecule has 0 amide bonds. The van der Waals surface area contributed by atoms with Gasteiger partial charge in [0.05, 0.1) is 5.69 Å². The normalized spacial score (nSPS) is 11.1. The smallest absolute Gasteiger partial charge is 0.352 e. The minimum atomic E-state index is -1.19. The number of hydrogen-bond acceptors (Lipinski definition) is 3. The van der Waals surface area contributed by atoms with Crippen LogP contribution in [0.1, 0.15) is 10.4 Å². The molecule has 0 unspecified atom stereocenters. The predicted molar refractivity (Wildman–Crippen MR) is 97.0 cm³/mol. The van der Waals surface area contributed by atoms with Gasteiger partial charge in [0.2, 0.25) is 0 Å². The van der Waals surface area contributed by atoms with Crippen molar-refractivity contribution < 1.29 is 14.7 Å². The van der Waals surface area contributed by atoms with Crippen molar-refractivity contribution in [2.45, 2.75) is 0 Å². The summed E-state index contributed by atoms with van der Waals surface area (Å²) in [5.41, 5.74) is 0.892. The monoisotopic (exact) mass is 471 g/mol. The first kappa shape index (κ1) is 16.7. The third-order valence-corrected chi connectivity index (χ3v) is 4.25. The van der Waals surface area contributed by atoms with Gasteiger partial charge >= 0.3 is 5.97 Å². The molecule has 0 atom stereocenters. The van der Waals surface area contributed by atoms with Crippen LogP contribution in [0.5, 0.6) is 0 Å². The molecule has 0 heterocycles. The Morgan fingerprint density at radius 1 is 1.09 bits per heavy atom. The summed E-state index contributed by atoms with van der Waals surface area (Å²) in [6.07, 6.45) is 1.09. The van der Waals surface area contributed by atoms with Crippen LogP contribution in [0.2, 0.25) is 0 Å². The highest BCUT2D eigenvalue weighted by molar-refractivity contribution is 14.1. The SMILES string of the molecule is O=C(O)C(=CC(=O)c1ccc(Br)cc1)Nc1ccccc1I. The maximum Gasteiger partial charge on any atom is 0.352 e. The molecule has 0 bridgehead atoms. The molecule has 2 N–H and O–H groups in total. The van der Waals surface area contributed by atoms with E-state index in [1.165, 1.54) is 0 Å². The zero-order valence-electron chi connectivity index (χ0n) is 11.2. The van der Waals surface area contributed by atoms with Gasteiger partial charge in [0, 0.05) is 19.7 Å². The number of ketones is 1. The zero-order chi connectivity index (χ0) is 16.1. The summed E-state index contributed by atoms with van der Waals surface area (Å²) < 4.78 is 1.71. The van der Waals surface area contributed by atoms with Crippen molar-refractivity contribution in [2.75, 3.05) is 5.32 Å². The summed E-state index contributed by atoms with van der Waals surface area (Å²) in [5, 5.41) is 12.1. The largest absolute Gasteiger partial charge is 0.477 e. The van der Waals surface area contributed by atoms with Gasteiger partial charge in [0.25, 0.3) is 0 Å². The van der Waals surface area contributed by atoms with Gasteiger partial charge in [0.15, 0.2) is 5.78 Å². The predicted octanol–water partition coefficient (Wildman–Crippen LogP) is 4.32. The summed E-state index contributed by atoms with van der Waals surface area (Å²) in [6.45, 7) is 0. The summed E-state index contributed by atoms with van der Waals surface area (Å²) in [7, 11) is 0. The molecule has 2 rings (SSSR count). The van der Waals surface area contributed by atoms with E-state index < -0.39 is 5.97 Å². The third-order valence-electron chi connectivity index (χ3n) is 2.78. The highest BCUT2D eigenvalue weighted by atomic mass is 127. The van der Waals surface area contributed by atoms with E-state index in [-0.39, 0.29) is 11.5 Å². The Morgan fingerprint density at radius 3 is 2.32 bits per heavy atom. The lowest BCUT2D eigenvalue weighted by molar-refractivity contribution is -0.132. The first-order valence-electron chi connectivity index (χ1n) is 6.24. The van der Waals surface area contributed by atoms with Crippen LogP contribution in [0.25, 0.3) is 0 Å². The molecular weight excluding hydrogens is 461 g/mol. The van der Waals surface area contributed by atoms with Crippen molar-refractivity contribution >= 4 is 56.0 Å². The molecule has 0 aromatic heterocycles. The first-order chi connectivity index (χ1) is 10.5. The van der Waals surface area contributed by atoms with Crippen molar-refractivity contribution in [3.63, 3.8) is 0 Å². The number of halogens is 2. The molecule has 22 heavy (non-hydrogen) atoms. The van der Waals surface area contributed by atoms with Crippen LogP contribution in [-0.4, -0.2) is 16.9 Å². The summed E-state index contributed by atoms with van der Waals surface area (Å²) in [5.74, 6) is -1.56. The molecule has 0 spiro atoms. The molecule has 0 radical (unpaired) electrons. The number of allylic oxidation sites excluding steroid dienone is 1. The molecule has 112 valence electrons. The van der Waals surface area contributed by atoms with Crippen molar-refractivity contribution in [3.8, 4) is 0 Å². The van der Waals surface area contributed by atoms with Gasteiger partial charge in [-0.3, -0.25) is 4.79 Å². The number of carbonyl (C=O) groups is 2. The molecule has 2 aromatic carbocycles. The molecule has 0 fully saturated rings. The maximum absolute atomic E-state index is 12.1. The molecule has 0 saturated heterocycles. The number of para-hydroxylation sites is 1. The molecule has 0 aliphatic heterocycles. The van der Waals surface area contributed by atoms with Crippen LogP contribution in [0.3, 0.4) is 0 Å². The molecule has 0 saturated carbocycles. The molecule has 0 aliphatic rings. The summed E-state index contributed by atoms with van der Waals surface area (Å²) in [6, 6.07) is 14.0. The highest BCUT2D eigenvalue weighted by Gasteiger charge is 2.12. The summed E-state index contributed by atoms with van der Waals surface area (Å²) >= 11 is 5.38. The van der Waals surface area contributed by atoms with E-state index in [4.69, 9.17) is 0 Å². The van der Waals surface area contributed by atoms with E-state index in [2.05, 4.69) is 43.8 Å². The Balaban J connectivity index is 2.27. The van der Waals surface area contributed by atoms with Crippen LogP contribution in [-0.2, 0) is 4.79 Å². The fourth-order valence-corrected chi connectivity index (χ4v) is 2.47. The van der Waals surface area contributed by atoms with Crippen molar-refractivity contribution in [2.24, 2.45) is 0 Å². The Labute approximate surface area is 149 Å². The number of aliphatic carboxylic acids is 1. The number of carboxylic acids is 1. The van der Waals surface area contributed by atoms with Gasteiger partial charge in [-0.1, -0.05) is 28.1 Å². The minimum absolute atomic E-state index is 0.169. The van der Waals surface area contributed by atoms with E-state index in [9.17, 15) is 14.7 Å². The van der Waals surface area contributed by atoms with Crippen LogP contribution in [0.15, 0.2) is 64.8 Å². The Morgan fingerprint density at radius 2 is 1.73 bits per heavy atom. The first-order valence-corrected chi connectivity index (χ1v) is 8.11. The van der Waals surface area contributed by atoms with Crippen LogP contribution >= 0.6 is 38.5 Å². The van der Waals surface area contributed by atoms with E-state index in [0.717, 1.165) is 14.1 Å². The van der Waals surface area contributed by atoms with Crippen LogP contribution < -0.4 is 5.32 Å². The maximum atomic E-state index is 12.1. The van der Waals surface area contributed by atoms with Gasteiger partial charge in [0.1, 0.15) is 5.70 Å². The van der Waals surface area contributed by atoms with E-state index in [0.29, 0.717) is 11.3 Å². The van der Waals surface area contributed by atoms with Crippen molar-refractivity contribution in [1.82, 2.24) is 0 Å². The number of nitrogens with one attached hydrogen (secondary N) is 1. The second kappa shape index (κ2) is 7.55. The second-order valence-corrected chi connectivity index (χ2v) is 6.42. The molecule has 6 heteroatoms. The lowest BCUT2D eigenvalue weighted by Crippen LogP contribution is -2.13. The van der Waals surface area contributed by atoms with Crippen LogP contribution in [0.4, 0.5) is 5.69 Å². The second-order valence-electron chi connectivity index (χ2n) is 4.34. The lowest BCUT2D eigenvalue weighted by atomic mass is 10.1. The van der Waals surface area contributed by atoms with Gasteiger partial charge in [-0.05, 0) is 59.0 Å². The average Bonchev–Trinajstić information content (AvgIpc) is 2.49. The van der Waals surface area contributed by atoms with Gasteiger partial charge < -0.3 is 10.4 Å². The Kier molecular flexibility index (Phi) is 5.73. The fraction of sp³-hybridized carbons (Fsp3) is 0. The average molecular weight is 472 g/mol. The number of rotatable bonds is 5. The highest BCUT2D eigenvalue weighted by Crippen LogP contribution is 2.19. The van der Waals surface area contributed by atoms with Crippen molar-refractivity contribution in [1.29, 1.82) is 0 Å². The molecule has 0 aliphatic carbocycles.